The molecular weight excluding hydrogens is 260 g/mol. The Hall–Kier alpha value is -1.84. The molecule has 2 aliphatic rings. The van der Waals surface area contributed by atoms with Crippen LogP contribution in [-0.4, -0.2) is 36.2 Å². The van der Waals surface area contributed by atoms with Crippen LogP contribution in [0.3, 0.4) is 0 Å². The van der Waals surface area contributed by atoms with Gasteiger partial charge in [0.15, 0.2) is 0 Å². The van der Waals surface area contributed by atoms with Crippen molar-refractivity contribution in [2.45, 2.75) is 12.0 Å². The first-order valence-electron chi connectivity index (χ1n) is 7.65. The third-order valence-electron chi connectivity index (χ3n) is 4.77. The third-order valence-corrected chi connectivity index (χ3v) is 4.77. The molecule has 0 aromatic heterocycles. The molecule has 1 saturated heterocycles. The molecule has 0 bridgehead atoms. The SMILES string of the molecule is Oc1cccc([C@@H]2CN3CCNC[C@@H]3c3ccccc32)c1. The lowest BCUT2D eigenvalue weighted by molar-refractivity contribution is 0.143. The highest BCUT2D eigenvalue weighted by molar-refractivity contribution is 5.44. The maximum Gasteiger partial charge on any atom is 0.115 e. The van der Waals surface area contributed by atoms with E-state index in [9.17, 15) is 5.11 Å². The largest absolute Gasteiger partial charge is 0.508 e. The van der Waals surface area contributed by atoms with Gasteiger partial charge in [0, 0.05) is 38.1 Å². The van der Waals surface area contributed by atoms with Gasteiger partial charge < -0.3 is 10.4 Å². The lowest BCUT2D eigenvalue weighted by atomic mass is 9.81. The molecule has 2 heterocycles. The molecule has 108 valence electrons. The van der Waals surface area contributed by atoms with Crippen molar-refractivity contribution in [3.63, 3.8) is 0 Å². The number of hydrogen-bond acceptors (Lipinski definition) is 3. The molecule has 0 saturated carbocycles. The van der Waals surface area contributed by atoms with Gasteiger partial charge in [-0.25, -0.2) is 0 Å². The van der Waals surface area contributed by atoms with Gasteiger partial charge in [-0.3, -0.25) is 4.90 Å². The topological polar surface area (TPSA) is 35.5 Å². The summed E-state index contributed by atoms with van der Waals surface area (Å²) in [5.74, 6) is 0.704. The van der Waals surface area contributed by atoms with Gasteiger partial charge in [0.1, 0.15) is 5.75 Å². The second-order valence-corrected chi connectivity index (χ2v) is 5.99. The van der Waals surface area contributed by atoms with E-state index in [1.165, 1.54) is 16.7 Å². The number of phenols is 1. The fraction of sp³-hybridized carbons (Fsp3) is 0.333. The van der Waals surface area contributed by atoms with E-state index in [0.29, 0.717) is 17.7 Å². The zero-order valence-corrected chi connectivity index (χ0v) is 12.0. The monoisotopic (exact) mass is 280 g/mol. The van der Waals surface area contributed by atoms with Crippen LogP contribution in [0.4, 0.5) is 0 Å². The molecule has 1 fully saturated rings. The predicted octanol–water partition coefficient (Wildman–Crippen LogP) is 2.48. The number of nitrogens with zero attached hydrogens (tertiary/aromatic N) is 1. The van der Waals surface area contributed by atoms with Gasteiger partial charge in [0.2, 0.25) is 0 Å². The fourth-order valence-corrected chi connectivity index (χ4v) is 3.76. The molecule has 21 heavy (non-hydrogen) atoms. The quantitative estimate of drug-likeness (QED) is 0.842. The van der Waals surface area contributed by atoms with Crippen molar-refractivity contribution >= 4 is 0 Å². The molecule has 3 nitrogen and oxygen atoms in total. The van der Waals surface area contributed by atoms with Gasteiger partial charge in [0.05, 0.1) is 0 Å². The molecular formula is C18H20N2O. The molecule has 0 amide bonds. The average Bonchev–Trinajstić information content (AvgIpc) is 2.54. The highest BCUT2D eigenvalue weighted by Crippen LogP contribution is 2.40. The van der Waals surface area contributed by atoms with E-state index in [0.717, 1.165) is 26.2 Å². The zero-order chi connectivity index (χ0) is 14.2. The van der Waals surface area contributed by atoms with E-state index >= 15 is 0 Å². The number of piperazine rings is 1. The Morgan fingerprint density at radius 2 is 1.90 bits per heavy atom. The Bertz CT molecular complexity index is 655. The van der Waals surface area contributed by atoms with Crippen molar-refractivity contribution in [3.8, 4) is 5.75 Å². The average molecular weight is 280 g/mol. The number of phenolic OH excluding ortho intramolecular Hbond substituents is 1. The van der Waals surface area contributed by atoms with Crippen LogP contribution in [0.15, 0.2) is 48.5 Å². The molecule has 2 aliphatic heterocycles. The smallest absolute Gasteiger partial charge is 0.115 e. The van der Waals surface area contributed by atoms with Gasteiger partial charge in [-0.2, -0.15) is 0 Å². The summed E-state index contributed by atoms with van der Waals surface area (Å²) in [4.78, 5) is 2.58. The predicted molar refractivity (Wildman–Crippen MR) is 83.6 cm³/mol. The van der Waals surface area contributed by atoms with Crippen molar-refractivity contribution in [1.82, 2.24) is 10.2 Å². The summed E-state index contributed by atoms with van der Waals surface area (Å²) in [5.41, 5.74) is 4.05. The molecule has 2 aromatic carbocycles. The number of aromatic hydroxyl groups is 1. The van der Waals surface area contributed by atoms with Crippen LogP contribution >= 0.6 is 0 Å². The number of hydrogen-bond donors (Lipinski definition) is 2. The first kappa shape index (κ1) is 12.9. The molecule has 4 rings (SSSR count). The molecule has 2 atom stereocenters. The van der Waals surface area contributed by atoms with Crippen LogP contribution in [0.5, 0.6) is 5.75 Å². The van der Waals surface area contributed by atoms with E-state index < -0.39 is 0 Å². The van der Waals surface area contributed by atoms with Crippen molar-refractivity contribution in [3.05, 3.63) is 65.2 Å². The van der Waals surface area contributed by atoms with Gasteiger partial charge in [0.25, 0.3) is 0 Å². The van der Waals surface area contributed by atoms with Gasteiger partial charge in [-0.05, 0) is 28.8 Å². The van der Waals surface area contributed by atoms with Crippen LogP contribution in [0.2, 0.25) is 0 Å². The third kappa shape index (κ3) is 2.23. The Labute approximate surface area is 125 Å². The summed E-state index contributed by atoms with van der Waals surface area (Å²) in [6.07, 6.45) is 0. The first-order valence-corrected chi connectivity index (χ1v) is 7.65. The maximum absolute atomic E-state index is 9.80. The highest BCUT2D eigenvalue weighted by Gasteiger charge is 2.34. The number of benzene rings is 2. The number of rotatable bonds is 1. The van der Waals surface area contributed by atoms with Gasteiger partial charge in [-0.15, -0.1) is 0 Å². The fourth-order valence-electron chi connectivity index (χ4n) is 3.76. The lowest BCUT2D eigenvalue weighted by Crippen LogP contribution is -2.50. The summed E-state index contributed by atoms with van der Waals surface area (Å²) in [5, 5.41) is 13.3. The van der Waals surface area contributed by atoms with Gasteiger partial charge in [-0.1, -0.05) is 36.4 Å². The second kappa shape index (κ2) is 5.17. The molecule has 3 heteroatoms. The standard InChI is InChI=1S/C18H20N2O/c21-14-5-3-4-13(10-14)17-12-20-9-8-19-11-18(20)16-7-2-1-6-15(16)17/h1-7,10,17-19,21H,8-9,11-12H2/t17-,18+/m0/s1. The Morgan fingerprint density at radius 1 is 1.05 bits per heavy atom. The molecule has 0 spiro atoms. The van der Waals surface area contributed by atoms with E-state index in [-0.39, 0.29) is 0 Å². The van der Waals surface area contributed by atoms with Crippen molar-refractivity contribution in [2.75, 3.05) is 26.2 Å². The molecule has 0 radical (unpaired) electrons. The highest BCUT2D eigenvalue weighted by atomic mass is 16.3. The van der Waals surface area contributed by atoms with Crippen LogP contribution < -0.4 is 5.32 Å². The Morgan fingerprint density at radius 3 is 2.76 bits per heavy atom. The summed E-state index contributed by atoms with van der Waals surface area (Å²) in [7, 11) is 0. The van der Waals surface area contributed by atoms with Gasteiger partial charge >= 0.3 is 0 Å². The first-order chi connectivity index (χ1) is 10.3. The minimum atomic E-state index is 0.350. The molecule has 0 unspecified atom stereocenters. The zero-order valence-electron chi connectivity index (χ0n) is 12.0. The van der Waals surface area contributed by atoms with Crippen molar-refractivity contribution in [2.24, 2.45) is 0 Å². The van der Waals surface area contributed by atoms with E-state index in [1.54, 1.807) is 6.07 Å². The molecule has 2 aromatic rings. The summed E-state index contributed by atoms with van der Waals surface area (Å²) in [6.45, 7) is 4.22. The van der Waals surface area contributed by atoms with Crippen LogP contribution in [-0.2, 0) is 0 Å². The summed E-state index contributed by atoms with van der Waals surface area (Å²) in [6, 6.07) is 17.0. The summed E-state index contributed by atoms with van der Waals surface area (Å²) < 4.78 is 0. The minimum absolute atomic E-state index is 0.350. The van der Waals surface area contributed by atoms with Crippen LogP contribution in [0.1, 0.15) is 28.7 Å². The second-order valence-electron chi connectivity index (χ2n) is 5.99. The summed E-state index contributed by atoms with van der Waals surface area (Å²) >= 11 is 0. The Balaban J connectivity index is 1.81. The maximum atomic E-state index is 9.80. The van der Waals surface area contributed by atoms with E-state index in [1.807, 2.05) is 12.1 Å². The van der Waals surface area contributed by atoms with Crippen LogP contribution in [0.25, 0.3) is 0 Å². The van der Waals surface area contributed by atoms with E-state index in [4.69, 9.17) is 0 Å². The van der Waals surface area contributed by atoms with Crippen molar-refractivity contribution < 1.29 is 5.11 Å². The number of nitrogens with one attached hydrogen (secondary N) is 1. The minimum Gasteiger partial charge on any atom is -0.508 e. The van der Waals surface area contributed by atoms with Crippen molar-refractivity contribution in [1.29, 1.82) is 0 Å². The Kier molecular flexibility index (Phi) is 3.17. The normalized spacial score (nSPS) is 25.1. The van der Waals surface area contributed by atoms with Crippen LogP contribution in [0, 0.1) is 0 Å². The molecule has 0 aliphatic carbocycles. The lowest BCUT2D eigenvalue weighted by Gasteiger charge is -2.44. The van der Waals surface area contributed by atoms with E-state index in [2.05, 4.69) is 40.5 Å². The molecule has 2 N–H and O–H groups in total. The number of fused-ring (bicyclic) bond motifs is 3.